The fourth-order valence-corrected chi connectivity index (χ4v) is 4.35. The van der Waals surface area contributed by atoms with E-state index in [1.165, 1.54) is 22.5 Å². The lowest BCUT2D eigenvalue weighted by molar-refractivity contribution is 0.414. The summed E-state index contributed by atoms with van der Waals surface area (Å²) < 4.78 is 5.30. The topological polar surface area (TPSA) is 48.1 Å². The molecule has 1 unspecified atom stereocenters. The molecule has 0 aliphatic carbocycles. The van der Waals surface area contributed by atoms with E-state index >= 15 is 0 Å². The number of rotatable bonds is 6. The van der Waals surface area contributed by atoms with Crippen LogP contribution in [0.15, 0.2) is 72.1 Å². The Morgan fingerprint density at radius 3 is 2.23 bits per heavy atom. The van der Waals surface area contributed by atoms with E-state index in [9.17, 15) is 0 Å². The third-order valence-electron chi connectivity index (χ3n) is 5.06. The fourth-order valence-electron chi connectivity index (χ4n) is 3.43. The van der Waals surface area contributed by atoms with Gasteiger partial charge in [-0.25, -0.2) is 4.98 Å². The fraction of sp³-hybridized carbons (Fsp3) is 0.125. The number of nitrogens with zero attached hydrogens (tertiary/aromatic N) is 1. The van der Waals surface area contributed by atoms with Gasteiger partial charge in [0.25, 0.3) is 0 Å². The van der Waals surface area contributed by atoms with Crippen molar-refractivity contribution in [3.8, 4) is 16.9 Å². The van der Waals surface area contributed by atoms with Gasteiger partial charge in [0.2, 0.25) is 0 Å². The summed E-state index contributed by atoms with van der Waals surface area (Å²) in [6.45, 7) is 0. The summed E-state index contributed by atoms with van der Waals surface area (Å²) in [5.74, 6) is 0.946. The minimum atomic E-state index is 0.111. The zero-order valence-electron chi connectivity index (χ0n) is 16.3. The average Bonchev–Trinajstić information content (AvgIpc) is 3.20. The largest absolute Gasteiger partial charge is 0.497 e. The van der Waals surface area contributed by atoms with E-state index in [1.807, 2.05) is 35.7 Å². The van der Waals surface area contributed by atoms with Crippen LogP contribution in [0.1, 0.15) is 22.7 Å². The van der Waals surface area contributed by atoms with Gasteiger partial charge in [-0.1, -0.05) is 65.7 Å². The smallest absolute Gasteiger partial charge is 0.180 e. The number of hydrogen-bond donors (Lipinski definition) is 1. The maximum atomic E-state index is 6.17. The van der Waals surface area contributed by atoms with E-state index in [2.05, 4.69) is 41.4 Å². The molecule has 4 aromatic rings. The number of halogens is 2. The molecule has 3 aromatic carbocycles. The second-order valence-corrected chi connectivity index (χ2v) is 8.67. The van der Waals surface area contributed by atoms with Gasteiger partial charge >= 0.3 is 0 Å². The molecule has 0 spiro atoms. The van der Waals surface area contributed by atoms with Crippen LogP contribution in [0.2, 0.25) is 10.0 Å². The van der Waals surface area contributed by atoms with Gasteiger partial charge in [-0.15, -0.1) is 11.3 Å². The second-order valence-electron chi connectivity index (χ2n) is 6.97. The summed E-state index contributed by atoms with van der Waals surface area (Å²) >= 11 is 13.7. The number of ether oxygens (including phenoxy) is 1. The molecule has 0 saturated heterocycles. The van der Waals surface area contributed by atoms with Crippen molar-refractivity contribution in [2.75, 3.05) is 12.8 Å². The van der Waals surface area contributed by atoms with Crippen molar-refractivity contribution in [2.24, 2.45) is 0 Å². The Hall–Kier alpha value is -2.53. The first-order chi connectivity index (χ1) is 14.5. The number of thiazole rings is 1. The van der Waals surface area contributed by atoms with E-state index in [-0.39, 0.29) is 5.92 Å². The van der Waals surface area contributed by atoms with Gasteiger partial charge in [-0.3, -0.25) is 0 Å². The molecule has 4 rings (SSSR count). The van der Waals surface area contributed by atoms with Crippen LogP contribution < -0.4 is 10.5 Å². The van der Waals surface area contributed by atoms with Crippen molar-refractivity contribution in [1.29, 1.82) is 0 Å². The molecule has 3 nitrogen and oxygen atoms in total. The lowest BCUT2D eigenvalue weighted by Gasteiger charge is -2.16. The number of methoxy groups -OCH3 is 1. The Morgan fingerprint density at radius 1 is 0.933 bits per heavy atom. The Balaban J connectivity index is 1.61. The van der Waals surface area contributed by atoms with E-state index < -0.39 is 0 Å². The molecule has 0 bridgehead atoms. The molecule has 1 heterocycles. The third kappa shape index (κ3) is 4.62. The van der Waals surface area contributed by atoms with Crippen LogP contribution in [0.3, 0.4) is 0 Å². The van der Waals surface area contributed by atoms with Crippen molar-refractivity contribution in [3.05, 3.63) is 99.0 Å². The summed E-state index contributed by atoms with van der Waals surface area (Å²) in [7, 11) is 1.67. The van der Waals surface area contributed by atoms with Crippen LogP contribution in [0.4, 0.5) is 5.13 Å². The predicted molar refractivity (Wildman–Crippen MR) is 127 cm³/mol. The molecule has 152 valence electrons. The Labute approximate surface area is 190 Å². The highest BCUT2D eigenvalue weighted by Crippen LogP contribution is 2.33. The summed E-state index contributed by atoms with van der Waals surface area (Å²) in [6, 6.07) is 22.3. The van der Waals surface area contributed by atoms with Crippen molar-refractivity contribution >= 4 is 39.7 Å². The van der Waals surface area contributed by atoms with Crippen LogP contribution in [0.25, 0.3) is 11.1 Å². The number of benzene rings is 3. The Kier molecular flexibility index (Phi) is 6.28. The van der Waals surface area contributed by atoms with Crippen molar-refractivity contribution in [1.82, 2.24) is 4.98 Å². The van der Waals surface area contributed by atoms with E-state index in [0.717, 1.165) is 29.0 Å². The third-order valence-corrected chi connectivity index (χ3v) is 6.49. The monoisotopic (exact) mass is 454 g/mol. The van der Waals surface area contributed by atoms with Crippen LogP contribution in [-0.4, -0.2) is 12.1 Å². The lowest BCUT2D eigenvalue weighted by Crippen LogP contribution is -2.06. The molecule has 1 aromatic heterocycles. The van der Waals surface area contributed by atoms with E-state index in [0.29, 0.717) is 15.2 Å². The van der Waals surface area contributed by atoms with Gasteiger partial charge < -0.3 is 10.5 Å². The molecular formula is C24H20Cl2N2OS. The number of nitrogens with two attached hydrogens (primary N) is 1. The van der Waals surface area contributed by atoms with Gasteiger partial charge in [-0.05, 0) is 52.9 Å². The predicted octanol–water partition coefficient (Wildman–Crippen LogP) is 7.08. The first-order valence-electron chi connectivity index (χ1n) is 9.42. The van der Waals surface area contributed by atoms with Gasteiger partial charge in [0.15, 0.2) is 5.13 Å². The molecule has 0 fully saturated rings. The van der Waals surface area contributed by atoms with Gasteiger partial charge in [0.05, 0.1) is 22.8 Å². The van der Waals surface area contributed by atoms with Crippen LogP contribution in [-0.2, 0) is 6.42 Å². The molecule has 1 atom stereocenters. The maximum absolute atomic E-state index is 6.17. The minimum absolute atomic E-state index is 0.111. The normalized spacial score (nSPS) is 12.0. The van der Waals surface area contributed by atoms with E-state index in [4.69, 9.17) is 33.7 Å². The molecular weight excluding hydrogens is 435 g/mol. The Morgan fingerprint density at radius 2 is 1.63 bits per heavy atom. The van der Waals surface area contributed by atoms with Crippen LogP contribution in [0.5, 0.6) is 5.75 Å². The first kappa shape index (κ1) is 20.7. The summed E-state index contributed by atoms with van der Waals surface area (Å²) in [5, 5.41) is 3.73. The number of aromatic nitrogens is 1. The SMILES string of the molecule is COc1ccc(C(Cc2ccc(-c3ccc(Cl)c(Cl)c3)cc2)c2csc(N)n2)cc1. The highest BCUT2D eigenvalue weighted by Gasteiger charge is 2.18. The maximum Gasteiger partial charge on any atom is 0.180 e. The molecule has 0 amide bonds. The van der Waals surface area contributed by atoms with Crippen LogP contribution in [0, 0.1) is 0 Å². The number of nitrogen functional groups attached to an aromatic ring is 1. The number of anilines is 1. The molecule has 30 heavy (non-hydrogen) atoms. The minimum Gasteiger partial charge on any atom is -0.497 e. The van der Waals surface area contributed by atoms with Gasteiger partial charge in [-0.2, -0.15) is 0 Å². The van der Waals surface area contributed by atoms with Crippen molar-refractivity contribution in [2.45, 2.75) is 12.3 Å². The molecule has 0 saturated carbocycles. The molecule has 0 radical (unpaired) electrons. The van der Waals surface area contributed by atoms with Gasteiger partial charge in [0, 0.05) is 11.3 Å². The zero-order valence-corrected chi connectivity index (χ0v) is 18.6. The molecule has 0 aliphatic heterocycles. The molecule has 0 aliphatic rings. The van der Waals surface area contributed by atoms with Crippen LogP contribution >= 0.6 is 34.5 Å². The quantitative estimate of drug-likeness (QED) is 0.338. The Bertz CT molecular complexity index is 1140. The molecule has 2 N–H and O–H groups in total. The lowest BCUT2D eigenvalue weighted by atomic mass is 9.89. The van der Waals surface area contributed by atoms with E-state index in [1.54, 1.807) is 7.11 Å². The van der Waals surface area contributed by atoms with Crippen molar-refractivity contribution < 1.29 is 4.74 Å². The standard InChI is InChI=1S/C24H20Cl2N2OS/c1-29-19-9-6-17(7-10-19)20(23-14-30-24(27)28-23)12-15-2-4-16(5-3-15)18-8-11-21(25)22(26)13-18/h2-11,13-14,20H,12H2,1H3,(H2,27,28). The van der Waals surface area contributed by atoms with Gasteiger partial charge in [0.1, 0.15) is 5.75 Å². The highest BCUT2D eigenvalue weighted by molar-refractivity contribution is 7.13. The average molecular weight is 455 g/mol. The van der Waals surface area contributed by atoms with Crippen molar-refractivity contribution in [3.63, 3.8) is 0 Å². The summed E-state index contributed by atoms with van der Waals surface area (Å²) in [5.41, 5.74) is 11.4. The second kappa shape index (κ2) is 9.09. The molecule has 6 heteroatoms. The summed E-state index contributed by atoms with van der Waals surface area (Å²) in [4.78, 5) is 4.55. The first-order valence-corrected chi connectivity index (χ1v) is 11.1. The summed E-state index contributed by atoms with van der Waals surface area (Å²) in [6.07, 6.45) is 0.817. The highest BCUT2D eigenvalue weighted by atomic mass is 35.5. The zero-order chi connectivity index (χ0) is 21.1. The number of hydrogen-bond acceptors (Lipinski definition) is 4.